The molecule has 2 amide bonds. The summed E-state index contributed by atoms with van der Waals surface area (Å²) in [5, 5.41) is 0.941. The number of anilines is 2. The number of carbonyl (C=O) groups is 2. The van der Waals surface area contributed by atoms with Crippen LogP contribution in [0.1, 0.15) is 68.7 Å². The summed E-state index contributed by atoms with van der Waals surface area (Å²) in [4.78, 5) is 49.4. The summed E-state index contributed by atoms with van der Waals surface area (Å²) in [6, 6.07) is 7.25. The lowest BCUT2D eigenvalue weighted by atomic mass is 9.92. The van der Waals surface area contributed by atoms with Crippen LogP contribution in [0.15, 0.2) is 33.5 Å². The number of aryl methyl sites for hydroxylation is 2. The second-order valence-electron chi connectivity index (χ2n) is 14.4. The first kappa shape index (κ1) is 35.4. The standard InChI is InChI=1S/C37H48N6O7S/c1-24-19-31(41-18-17-39(3)27(21-41)23-49-4)25(2)34-33(24)28-11-16-42(22-30(28)37(46)50-34)36(45)26-9-10-29(32(20-26)40-12-5-6-13-40)35(44)38-51(47,48)43-14-7-8-15-43/h9-10,19-20,27H,5-8,11-18,21-23H2,1-4H3,(H,38,44)/t27-/m1/s1. The molecule has 13 nitrogen and oxygen atoms in total. The number of nitrogens with zero attached hydrogens (tertiary/aromatic N) is 5. The number of rotatable bonds is 8. The molecule has 3 aromatic rings. The molecule has 0 aliphatic carbocycles. The van der Waals surface area contributed by atoms with Crippen LogP contribution < -0.4 is 20.1 Å². The van der Waals surface area contributed by atoms with E-state index in [4.69, 9.17) is 9.15 Å². The lowest BCUT2D eigenvalue weighted by molar-refractivity contribution is 0.0732. The summed E-state index contributed by atoms with van der Waals surface area (Å²) in [7, 11) is -0.129. The second kappa shape index (κ2) is 14.2. The van der Waals surface area contributed by atoms with Gasteiger partial charge in [-0.25, -0.2) is 9.52 Å². The molecule has 0 bridgehead atoms. The van der Waals surface area contributed by atoms with Gasteiger partial charge in [0.25, 0.3) is 11.8 Å². The number of piperazine rings is 1. The minimum Gasteiger partial charge on any atom is -0.422 e. The van der Waals surface area contributed by atoms with E-state index in [2.05, 4.69) is 34.6 Å². The summed E-state index contributed by atoms with van der Waals surface area (Å²) in [6.45, 7) is 9.97. The van der Waals surface area contributed by atoms with Crippen molar-refractivity contribution in [3.05, 3.63) is 68.1 Å². The van der Waals surface area contributed by atoms with E-state index in [0.717, 1.165) is 73.1 Å². The molecule has 7 rings (SSSR count). The van der Waals surface area contributed by atoms with Gasteiger partial charge in [0.1, 0.15) is 5.58 Å². The van der Waals surface area contributed by atoms with E-state index in [1.807, 2.05) is 11.8 Å². The molecule has 1 atom stereocenters. The van der Waals surface area contributed by atoms with Gasteiger partial charge in [-0.05, 0) is 88.4 Å². The predicted octanol–water partition coefficient (Wildman–Crippen LogP) is 3.05. The highest BCUT2D eigenvalue weighted by molar-refractivity contribution is 7.87. The lowest BCUT2D eigenvalue weighted by Crippen LogP contribution is -2.53. The Balaban J connectivity index is 1.15. The monoisotopic (exact) mass is 720 g/mol. The highest BCUT2D eigenvalue weighted by Crippen LogP contribution is 2.36. The fourth-order valence-corrected chi connectivity index (χ4v) is 9.43. The minimum atomic E-state index is -3.97. The fourth-order valence-electron chi connectivity index (χ4n) is 8.22. The van der Waals surface area contributed by atoms with Gasteiger partial charge in [-0.1, -0.05) is 0 Å². The van der Waals surface area contributed by atoms with Crippen LogP contribution in [0.5, 0.6) is 0 Å². The third-order valence-electron chi connectivity index (χ3n) is 11.1. The molecular weight excluding hydrogens is 673 g/mol. The minimum absolute atomic E-state index is 0.110. The van der Waals surface area contributed by atoms with Crippen LogP contribution in [0.2, 0.25) is 0 Å². The smallest absolute Gasteiger partial charge is 0.341 e. The Bertz CT molecular complexity index is 2020. The van der Waals surface area contributed by atoms with Crippen LogP contribution >= 0.6 is 0 Å². The number of likely N-dealkylation sites (N-methyl/N-ethyl adjacent to an activating group) is 1. The molecule has 2 aromatic carbocycles. The normalized spacial score (nSPS) is 20.3. The molecule has 4 aliphatic heterocycles. The summed E-state index contributed by atoms with van der Waals surface area (Å²) < 4.78 is 40.9. The van der Waals surface area contributed by atoms with Crippen LogP contribution in [0.4, 0.5) is 11.4 Å². The Kier molecular flexibility index (Phi) is 9.87. The Morgan fingerprint density at radius 1 is 0.922 bits per heavy atom. The first-order valence-electron chi connectivity index (χ1n) is 18.0. The van der Waals surface area contributed by atoms with E-state index >= 15 is 0 Å². The van der Waals surface area contributed by atoms with Crippen molar-refractivity contribution in [2.75, 3.05) is 82.9 Å². The first-order chi connectivity index (χ1) is 24.5. The summed E-state index contributed by atoms with van der Waals surface area (Å²) in [5.74, 6) is -0.975. The maximum absolute atomic E-state index is 14.0. The van der Waals surface area contributed by atoms with E-state index in [1.165, 1.54) is 10.4 Å². The Morgan fingerprint density at radius 2 is 1.65 bits per heavy atom. The number of benzene rings is 2. The molecule has 3 fully saturated rings. The summed E-state index contributed by atoms with van der Waals surface area (Å²) >= 11 is 0. The number of methoxy groups -OCH3 is 1. The molecule has 14 heteroatoms. The van der Waals surface area contributed by atoms with Gasteiger partial charge in [-0.2, -0.15) is 12.7 Å². The van der Waals surface area contributed by atoms with Crippen LogP contribution in [-0.2, 0) is 27.9 Å². The SMILES string of the molecule is COC[C@H]1CN(c2cc(C)c3c4c(c(=O)oc3c2C)CN(C(=O)c2ccc(C(=O)NS(=O)(=O)N3CCCC3)c(N3CCCC3)c2)CC4)CCN1C. The van der Waals surface area contributed by atoms with Crippen molar-refractivity contribution in [2.24, 2.45) is 0 Å². The zero-order valence-corrected chi connectivity index (χ0v) is 30.8. The van der Waals surface area contributed by atoms with Gasteiger partial charge in [0.15, 0.2) is 0 Å². The third kappa shape index (κ3) is 6.74. The van der Waals surface area contributed by atoms with Crippen LogP contribution in [0, 0.1) is 13.8 Å². The number of hydrogen-bond acceptors (Lipinski definition) is 10. The van der Waals surface area contributed by atoms with E-state index in [0.29, 0.717) is 68.1 Å². The van der Waals surface area contributed by atoms with Gasteiger partial charge in [0, 0.05) is 81.7 Å². The van der Waals surface area contributed by atoms with Crippen LogP contribution in [0.3, 0.4) is 0 Å². The van der Waals surface area contributed by atoms with Gasteiger partial charge < -0.3 is 23.9 Å². The van der Waals surface area contributed by atoms with Gasteiger partial charge in [0.2, 0.25) is 0 Å². The number of ether oxygens (including phenoxy) is 1. The quantitative estimate of drug-likeness (QED) is 0.346. The molecule has 1 N–H and O–H groups in total. The van der Waals surface area contributed by atoms with Crippen molar-refractivity contribution in [3.8, 4) is 0 Å². The van der Waals surface area contributed by atoms with E-state index < -0.39 is 21.7 Å². The molecule has 4 aliphatic rings. The highest BCUT2D eigenvalue weighted by atomic mass is 32.2. The predicted molar refractivity (Wildman–Crippen MR) is 196 cm³/mol. The van der Waals surface area contributed by atoms with Gasteiger partial charge in [0.05, 0.1) is 36.0 Å². The van der Waals surface area contributed by atoms with Crippen LogP contribution in [-0.4, -0.2) is 114 Å². The maximum atomic E-state index is 14.0. The molecule has 274 valence electrons. The van der Waals surface area contributed by atoms with Crippen molar-refractivity contribution in [2.45, 2.75) is 58.5 Å². The lowest BCUT2D eigenvalue weighted by Gasteiger charge is -2.41. The zero-order valence-electron chi connectivity index (χ0n) is 30.0. The Morgan fingerprint density at radius 3 is 2.37 bits per heavy atom. The van der Waals surface area contributed by atoms with E-state index in [9.17, 15) is 22.8 Å². The van der Waals surface area contributed by atoms with E-state index in [-0.39, 0.29) is 24.1 Å². The molecular formula is C37H48N6O7S. The summed E-state index contributed by atoms with van der Waals surface area (Å²) in [5.41, 5.74) is 5.72. The number of hydrogen-bond donors (Lipinski definition) is 1. The second-order valence-corrected chi connectivity index (χ2v) is 16.0. The number of fused-ring (bicyclic) bond motifs is 3. The van der Waals surface area contributed by atoms with Gasteiger partial charge >= 0.3 is 15.8 Å². The first-order valence-corrected chi connectivity index (χ1v) is 19.4. The molecule has 0 spiro atoms. The number of amides is 2. The molecule has 0 unspecified atom stereocenters. The van der Waals surface area contributed by atoms with Crippen molar-refractivity contribution in [1.29, 1.82) is 0 Å². The number of carbonyl (C=O) groups excluding carboxylic acids is 2. The largest absolute Gasteiger partial charge is 0.422 e. The van der Waals surface area contributed by atoms with Crippen molar-refractivity contribution in [3.63, 3.8) is 0 Å². The molecule has 0 radical (unpaired) electrons. The van der Waals surface area contributed by atoms with Gasteiger partial charge in [-0.3, -0.25) is 14.5 Å². The highest BCUT2D eigenvalue weighted by Gasteiger charge is 2.33. The van der Waals surface area contributed by atoms with Crippen molar-refractivity contribution >= 4 is 44.4 Å². The molecule has 3 saturated heterocycles. The molecule has 51 heavy (non-hydrogen) atoms. The molecule has 0 saturated carbocycles. The average molecular weight is 721 g/mol. The maximum Gasteiger partial charge on any atom is 0.341 e. The van der Waals surface area contributed by atoms with E-state index in [1.54, 1.807) is 24.1 Å². The zero-order chi connectivity index (χ0) is 36.0. The molecule has 5 heterocycles. The van der Waals surface area contributed by atoms with Gasteiger partial charge in [-0.15, -0.1) is 0 Å². The Hall–Kier alpha value is -3.98. The average Bonchev–Trinajstić information content (AvgIpc) is 3.86. The van der Waals surface area contributed by atoms with Crippen molar-refractivity contribution < 1.29 is 27.2 Å². The summed E-state index contributed by atoms with van der Waals surface area (Å²) in [6.07, 6.45) is 3.89. The van der Waals surface area contributed by atoms with Crippen molar-refractivity contribution in [1.82, 2.24) is 18.8 Å². The topological polar surface area (TPSA) is 136 Å². The molecule has 1 aromatic heterocycles. The Labute approximate surface area is 299 Å². The third-order valence-corrected chi connectivity index (χ3v) is 12.6. The van der Waals surface area contributed by atoms with Crippen LogP contribution in [0.25, 0.3) is 11.0 Å². The number of nitrogens with one attached hydrogen (secondary N) is 1. The fraction of sp³-hybridized carbons (Fsp3) is 0.541.